The van der Waals surface area contributed by atoms with Crippen molar-refractivity contribution in [3.8, 4) is 0 Å². The zero-order valence-corrected chi connectivity index (χ0v) is 11.6. The summed E-state index contributed by atoms with van der Waals surface area (Å²) in [6.07, 6.45) is 0. The van der Waals surface area contributed by atoms with E-state index in [4.69, 9.17) is 11.6 Å². The van der Waals surface area contributed by atoms with Crippen LogP contribution in [0.3, 0.4) is 0 Å². The van der Waals surface area contributed by atoms with Crippen LogP contribution in [-0.4, -0.2) is 29.9 Å². The van der Waals surface area contributed by atoms with Crippen molar-refractivity contribution >= 4 is 17.5 Å². The van der Waals surface area contributed by atoms with Crippen molar-refractivity contribution in [1.82, 2.24) is 10.2 Å². The Bertz CT molecular complexity index is 430. The smallest absolute Gasteiger partial charge is 0.228 e. The Labute approximate surface area is 113 Å². The summed E-state index contributed by atoms with van der Waals surface area (Å²) >= 11 is 5.98. The predicted octanol–water partition coefficient (Wildman–Crippen LogP) is 2.30. The summed E-state index contributed by atoms with van der Waals surface area (Å²) in [5.74, 6) is 0.385. The lowest BCUT2D eigenvalue weighted by molar-refractivity contribution is -0.139. The molecular formula is C14H19ClN2O. The molecule has 0 atom stereocenters. The molecule has 3 nitrogen and oxygen atoms in total. The molecule has 2 rings (SSSR count). The summed E-state index contributed by atoms with van der Waals surface area (Å²) in [5.41, 5.74) is 1.08. The van der Waals surface area contributed by atoms with Crippen LogP contribution in [0.4, 0.5) is 0 Å². The average molecular weight is 267 g/mol. The van der Waals surface area contributed by atoms with Gasteiger partial charge in [0.1, 0.15) is 0 Å². The van der Waals surface area contributed by atoms with Crippen molar-refractivity contribution in [2.24, 2.45) is 5.92 Å². The van der Waals surface area contributed by atoms with E-state index in [0.29, 0.717) is 11.6 Å². The van der Waals surface area contributed by atoms with Gasteiger partial charge in [0.25, 0.3) is 0 Å². The van der Waals surface area contributed by atoms with Gasteiger partial charge in [0.2, 0.25) is 5.91 Å². The van der Waals surface area contributed by atoms with E-state index >= 15 is 0 Å². The maximum Gasteiger partial charge on any atom is 0.228 e. The molecule has 1 N–H and O–H groups in total. The lowest BCUT2D eigenvalue weighted by Crippen LogP contribution is -2.53. The summed E-state index contributed by atoms with van der Waals surface area (Å²) in [6.45, 7) is 6.34. The molecule has 18 heavy (non-hydrogen) atoms. The Hall–Kier alpha value is -1.06. The Morgan fingerprint density at radius 3 is 2.72 bits per heavy atom. The molecule has 0 unspecified atom stereocenters. The molecule has 1 heterocycles. The number of nitrogens with zero attached hydrogens (tertiary/aromatic N) is 1. The summed E-state index contributed by atoms with van der Waals surface area (Å²) in [4.78, 5) is 14.2. The lowest BCUT2D eigenvalue weighted by atomic mass is 10.0. The SMILES string of the molecule is CC(C)N(Cc1cccc(Cl)c1)C(=O)C1CNC1. The number of halogens is 1. The van der Waals surface area contributed by atoms with Gasteiger partial charge in [-0.25, -0.2) is 0 Å². The van der Waals surface area contributed by atoms with Crippen LogP contribution in [0.5, 0.6) is 0 Å². The minimum atomic E-state index is 0.145. The zero-order chi connectivity index (χ0) is 13.1. The quantitative estimate of drug-likeness (QED) is 0.907. The minimum absolute atomic E-state index is 0.145. The molecule has 1 aromatic carbocycles. The normalized spacial score (nSPS) is 15.6. The maximum atomic E-state index is 12.3. The Morgan fingerprint density at radius 1 is 1.50 bits per heavy atom. The molecule has 0 saturated carbocycles. The fraction of sp³-hybridized carbons (Fsp3) is 0.500. The van der Waals surface area contributed by atoms with Gasteiger partial charge in [-0.3, -0.25) is 4.79 Å². The van der Waals surface area contributed by atoms with Crippen LogP contribution in [0, 0.1) is 5.92 Å². The van der Waals surface area contributed by atoms with Gasteiger partial charge in [0.05, 0.1) is 5.92 Å². The molecule has 4 heteroatoms. The van der Waals surface area contributed by atoms with Crippen molar-refractivity contribution in [3.63, 3.8) is 0 Å². The number of hydrogen-bond donors (Lipinski definition) is 1. The van der Waals surface area contributed by atoms with Crippen LogP contribution in [0.15, 0.2) is 24.3 Å². The second-order valence-electron chi connectivity index (χ2n) is 5.04. The van der Waals surface area contributed by atoms with E-state index < -0.39 is 0 Å². The zero-order valence-electron chi connectivity index (χ0n) is 10.8. The van der Waals surface area contributed by atoms with E-state index in [1.807, 2.05) is 29.2 Å². The van der Waals surface area contributed by atoms with E-state index in [-0.39, 0.29) is 17.9 Å². The first-order valence-electron chi connectivity index (χ1n) is 6.33. The fourth-order valence-electron chi connectivity index (χ4n) is 2.04. The van der Waals surface area contributed by atoms with Gasteiger partial charge in [0, 0.05) is 30.7 Å². The number of carbonyl (C=O) groups is 1. The molecule has 1 saturated heterocycles. The molecule has 1 fully saturated rings. The summed E-state index contributed by atoms with van der Waals surface area (Å²) in [7, 11) is 0. The highest BCUT2D eigenvalue weighted by molar-refractivity contribution is 6.30. The summed E-state index contributed by atoms with van der Waals surface area (Å²) in [5, 5.41) is 3.86. The second-order valence-corrected chi connectivity index (χ2v) is 5.48. The summed E-state index contributed by atoms with van der Waals surface area (Å²) in [6, 6.07) is 7.90. The standard InChI is InChI=1S/C14H19ClN2O/c1-10(2)17(14(18)12-7-16-8-12)9-11-4-3-5-13(15)6-11/h3-6,10,12,16H,7-9H2,1-2H3. The Morgan fingerprint density at radius 2 is 2.22 bits per heavy atom. The molecule has 0 aromatic heterocycles. The molecule has 98 valence electrons. The highest BCUT2D eigenvalue weighted by Gasteiger charge is 2.30. The number of rotatable bonds is 4. The Balaban J connectivity index is 2.08. The molecule has 0 bridgehead atoms. The van der Waals surface area contributed by atoms with Gasteiger partial charge in [-0.1, -0.05) is 23.7 Å². The maximum absolute atomic E-state index is 12.3. The fourth-order valence-corrected chi connectivity index (χ4v) is 2.26. The number of benzene rings is 1. The first-order valence-corrected chi connectivity index (χ1v) is 6.71. The number of amides is 1. The van der Waals surface area contributed by atoms with E-state index in [1.165, 1.54) is 0 Å². The molecule has 1 aliphatic heterocycles. The average Bonchev–Trinajstić information content (AvgIpc) is 2.23. The molecule has 1 aliphatic rings. The third kappa shape index (κ3) is 3.03. The van der Waals surface area contributed by atoms with Crippen molar-refractivity contribution in [3.05, 3.63) is 34.9 Å². The lowest BCUT2D eigenvalue weighted by Gasteiger charge is -2.35. The summed E-state index contributed by atoms with van der Waals surface area (Å²) < 4.78 is 0. The monoisotopic (exact) mass is 266 g/mol. The van der Waals surface area contributed by atoms with Gasteiger partial charge < -0.3 is 10.2 Å². The third-order valence-corrected chi connectivity index (χ3v) is 3.51. The predicted molar refractivity (Wildman–Crippen MR) is 73.5 cm³/mol. The largest absolute Gasteiger partial charge is 0.336 e. The third-order valence-electron chi connectivity index (χ3n) is 3.28. The topological polar surface area (TPSA) is 32.3 Å². The molecule has 0 aliphatic carbocycles. The number of hydrogen-bond acceptors (Lipinski definition) is 2. The molecular weight excluding hydrogens is 248 g/mol. The van der Waals surface area contributed by atoms with E-state index in [0.717, 1.165) is 18.7 Å². The first-order chi connectivity index (χ1) is 8.58. The van der Waals surface area contributed by atoms with Crippen molar-refractivity contribution in [2.75, 3.05) is 13.1 Å². The molecule has 1 amide bonds. The number of carbonyl (C=O) groups excluding carboxylic acids is 1. The van der Waals surface area contributed by atoms with Crippen LogP contribution in [-0.2, 0) is 11.3 Å². The Kier molecular flexibility index (Phi) is 4.25. The van der Waals surface area contributed by atoms with Crippen molar-refractivity contribution in [1.29, 1.82) is 0 Å². The highest BCUT2D eigenvalue weighted by atomic mass is 35.5. The van der Waals surface area contributed by atoms with E-state index in [9.17, 15) is 4.79 Å². The number of nitrogens with one attached hydrogen (secondary N) is 1. The van der Waals surface area contributed by atoms with Gasteiger partial charge in [-0.2, -0.15) is 0 Å². The van der Waals surface area contributed by atoms with Crippen LogP contribution in [0.1, 0.15) is 19.4 Å². The van der Waals surface area contributed by atoms with Gasteiger partial charge in [-0.15, -0.1) is 0 Å². The molecule has 0 radical (unpaired) electrons. The van der Waals surface area contributed by atoms with Gasteiger partial charge in [0.15, 0.2) is 0 Å². The molecule has 0 spiro atoms. The van der Waals surface area contributed by atoms with E-state index in [2.05, 4.69) is 19.2 Å². The van der Waals surface area contributed by atoms with Gasteiger partial charge >= 0.3 is 0 Å². The first kappa shape index (κ1) is 13.4. The van der Waals surface area contributed by atoms with Crippen LogP contribution >= 0.6 is 11.6 Å². The van der Waals surface area contributed by atoms with Crippen LogP contribution < -0.4 is 5.32 Å². The van der Waals surface area contributed by atoms with Crippen molar-refractivity contribution < 1.29 is 4.79 Å². The molecule has 1 aromatic rings. The second kappa shape index (κ2) is 5.72. The highest BCUT2D eigenvalue weighted by Crippen LogP contribution is 2.17. The van der Waals surface area contributed by atoms with Crippen molar-refractivity contribution in [2.45, 2.75) is 26.4 Å². The van der Waals surface area contributed by atoms with Crippen LogP contribution in [0.25, 0.3) is 0 Å². The van der Waals surface area contributed by atoms with E-state index in [1.54, 1.807) is 0 Å². The van der Waals surface area contributed by atoms with Gasteiger partial charge in [-0.05, 0) is 31.5 Å². The van der Waals surface area contributed by atoms with Crippen LogP contribution in [0.2, 0.25) is 5.02 Å². The minimum Gasteiger partial charge on any atom is -0.336 e.